The second-order valence-electron chi connectivity index (χ2n) is 2.34. The van der Waals surface area contributed by atoms with E-state index in [9.17, 15) is 4.79 Å². The van der Waals surface area contributed by atoms with E-state index in [0.717, 1.165) is 0 Å². The minimum Gasteiger partial charge on any atom is -0.372 e. The minimum absolute atomic E-state index is 0.160. The molecule has 0 saturated carbocycles. The van der Waals surface area contributed by atoms with Crippen LogP contribution in [0, 0.1) is 0 Å². The number of anilines is 1. The summed E-state index contributed by atoms with van der Waals surface area (Å²) in [6, 6.07) is -0.404. The van der Waals surface area contributed by atoms with Crippen LogP contribution in [-0.2, 0) is 0 Å². The van der Waals surface area contributed by atoms with Crippen molar-refractivity contribution in [2.24, 2.45) is 0 Å². The molecule has 64 valence electrons. The number of carbonyl (C=O) groups is 1. The molecule has 1 aromatic heterocycles. The van der Waals surface area contributed by atoms with Crippen LogP contribution in [0.2, 0.25) is 0 Å². The third-order valence-corrected chi connectivity index (χ3v) is 1.52. The van der Waals surface area contributed by atoms with Gasteiger partial charge in [-0.2, -0.15) is 0 Å². The van der Waals surface area contributed by atoms with Crippen LogP contribution in [-0.4, -0.2) is 34.3 Å². The fourth-order valence-corrected chi connectivity index (χ4v) is 0.997. The lowest BCUT2D eigenvalue weighted by Gasteiger charge is -2.06. The first-order valence-electron chi connectivity index (χ1n) is 3.30. The lowest BCUT2D eigenvalue weighted by atomic mass is 10.5. The largest absolute Gasteiger partial charge is 0.372 e. The Kier molecular flexibility index (Phi) is 1.44. The number of nitrogens with one attached hydrogen (secondary N) is 1. The molecule has 1 aliphatic rings. The van der Waals surface area contributed by atoms with Crippen LogP contribution in [0.5, 0.6) is 0 Å². The summed E-state index contributed by atoms with van der Waals surface area (Å²) in [6.07, 6.45) is 0.381. The Balaban J connectivity index is 2.21. The summed E-state index contributed by atoms with van der Waals surface area (Å²) in [7, 11) is 0. The summed E-state index contributed by atoms with van der Waals surface area (Å²) in [5, 5.41) is 18.0. The number of aliphatic hydroxyl groups excluding tert-OH is 1. The van der Waals surface area contributed by atoms with Gasteiger partial charge in [0.25, 0.3) is 0 Å². The first-order chi connectivity index (χ1) is 5.77. The summed E-state index contributed by atoms with van der Waals surface area (Å²) >= 11 is 0. The van der Waals surface area contributed by atoms with Crippen molar-refractivity contribution < 1.29 is 14.4 Å². The molecule has 1 saturated heterocycles. The molecule has 0 radical (unpaired) electrons. The lowest BCUT2D eigenvalue weighted by Crippen LogP contribution is -2.28. The second kappa shape index (κ2) is 2.45. The second-order valence-corrected chi connectivity index (χ2v) is 2.34. The molecule has 12 heavy (non-hydrogen) atoms. The average Bonchev–Trinajstić information content (AvgIpc) is 2.58. The Hall–Kier alpha value is -1.63. The molecular formula is C5H6N4O3. The van der Waals surface area contributed by atoms with Crippen molar-refractivity contribution in [1.82, 2.24) is 15.7 Å². The molecule has 7 heteroatoms. The highest BCUT2D eigenvalue weighted by molar-refractivity contribution is 5.93. The number of hydrogen-bond donors (Lipinski definition) is 2. The van der Waals surface area contributed by atoms with Crippen LogP contribution >= 0.6 is 0 Å². The average molecular weight is 170 g/mol. The van der Waals surface area contributed by atoms with E-state index in [1.165, 1.54) is 11.2 Å². The van der Waals surface area contributed by atoms with Gasteiger partial charge in [0, 0.05) is 5.27 Å². The predicted octanol–water partition coefficient (Wildman–Crippen LogP) is -1.08. The molecule has 1 atom stereocenters. The zero-order chi connectivity index (χ0) is 8.55. The van der Waals surface area contributed by atoms with Crippen LogP contribution in [0.1, 0.15) is 0 Å². The number of rotatable bonds is 1. The first kappa shape index (κ1) is 7.04. The van der Waals surface area contributed by atoms with Gasteiger partial charge in [0.05, 0.1) is 6.54 Å². The summed E-state index contributed by atoms with van der Waals surface area (Å²) in [5.41, 5.74) is 0. The maximum absolute atomic E-state index is 11.0. The molecule has 2 amide bonds. The maximum atomic E-state index is 11.0. The van der Waals surface area contributed by atoms with Crippen molar-refractivity contribution in [2.75, 3.05) is 11.4 Å². The van der Waals surface area contributed by atoms with Gasteiger partial charge in [-0.3, -0.25) is 4.90 Å². The number of amides is 2. The molecule has 1 aromatic rings. The zero-order valence-electron chi connectivity index (χ0n) is 5.97. The van der Waals surface area contributed by atoms with E-state index in [1.807, 2.05) is 0 Å². The van der Waals surface area contributed by atoms with Crippen LogP contribution in [0.25, 0.3) is 0 Å². The molecular weight excluding hydrogens is 164 g/mol. The van der Waals surface area contributed by atoms with E-state index < -0.39 is 12.3 Å². The molecule has 2 heterocycles. The van der Waals surface area contributed by atoms with Crippen LogP contribution in [0.3, 0.4) is 0 Å². The Bertz CT molecular complexity index is 285. The third kappa shape index (κ3) is 0.996. The maximum Gasteiger partial charge on any atom is 0.325 e. The fraction of sp³-hybridized carbons (Fsp3) is 0.400. The molecule has 0 aliphatic carbocycles. The van der Waals surface area contributed by atoms with Gasteiger partial charge in [-0.15, -0.1) is 0 Å². The molecule has 1 fully saturated rings. The Morgan fingerprint density at radius 3 is 3.17 bits per heavy atom. The number of β-amino-alcohol motifs (C(OH)–C–C–N with tert-alkyl or cyclic N) is 1. The third-order valence-electron chi connectivity index (χ3n) is 1.52. The molecule has 2 N–H and O–H groups in total. The van der Waals surface area contributed by atoms with Crippen LogP contribution in [0.4, 0.5) is 10.6 Å². The first-order valence-corrected chi connectivity index (χ1v) is 3.30. The SMILES string of the molecule is O=C1NC(O)CN1c1conn1. The Labute approximate surface area is 66.9 Å². The van der Waals surface area contributed by atoms with E-state index >= 15 is 0 Å². The summed E-state index contributed by atoms with van der Waals surface area (Å²) in [6.45, 7) is 0.160. The van der Waals surface area contributed by atoms with E-state index in [0.29, 0.717) is 5.82 Å². The monoisotopic (exact) mass is 170 g/mol. The molecule has 7 nitrogen and oxygen atoms in total. The molecule has 0 spiro atoms. The molecule has 2 rings (SSSR count). The van der Waals surface area contributed by atoms with E-state index in [-0.39, 0.29) is 6.54 Å². The molecule has 1 aliphatic heterocycles. The highest BCUT2D eigenvalue weighted by Crippen LogP contribution is 2.12. The molecule has 0 bridgehead atoms. The smallest absolute Gasteiger partial charge is 0.325 e. The van der Waals surface area contributed by atoms with Crippen molar-refractivity contribution >= 4 is 11.8 Å². The van der Waals surface area contributed by atoms with Gasteiger partial charge in [-0.25, -0.2) is 4.79 Å². The van der Waals surface area contributed by atoms with E-state index in [4.69, 9.17) is 5.11 Å². The summed E-state index contributed by atoms with van der Waals surface area (Å²) in [4.78, 5) is 12.3. The minimum atomic E-state index is -0.853. The van der Waals surface area contributed by atoms with E-state index in [1.54, 1.807) is 0 Å². The number of hydrogen-bond acceptors (Lipinski definition) is 5. The van der Waals surface area contributed by atoms with Gasteiger partial charge in [-0.1, -0.05) is 5.10 Å². The number of aromatic nitrogens is 2. The van der Waals surface area contributed by atoms with Gasteiger partial charge in [0.15, 0.2) is 6.26 Å². The van der Waals surface area contributed by atoms with Gasteiger partial charge in [0.1, 0.15) is 6.23 Å². The summed E-state index contributed by atoms with van der Waals surface area (Å²) in [5.74, 6) is 0.295. The topological polar surface area (TPSA) is 91.5 Å². The highest BCUT2D eigenvalue weighted by atomic mass is 16.5. The quantitative estimate of drug-likeness (QED) is 0.559. The van der Waals surface area contributed by atoms with Crippen LogP contribution < -0.4 is 10.2 Å². The molecule has 1 unspecified atom stereocenters. The van der Waals surface area contributed by atoms with Crippen molar-refractivity contribution in [3.8, 4) is 0 Å². The Morgan fingerprint density at radius 2 is 2.67 bits per heavy atom. The summed E-state index contributed by atoms with van der Waals surface area (Å²) < 4.78 is 4.45. The standard InChI is InChI=1S/C5H6N4O3/c10-4-1-9(5(11)6-4)3-2-12-8-7-3/h2,4,10H,1H2,(H,6,11). The normalized spacial score (nSPS) is 22.9. The van der Waals surface area contributed by atoms with Gasteiger partial charge in [0.2, 0.25) is 5.82 Å². The number of nitrogens with zero attached hydrogens (tertiary/aromatic N) is 3. The fourth-order valence-electron chi connectivity index (χ4n) is 0.997. The molecule has 0 aromatic carbocycles. The highest BCUT2D eigenvalue weighted by Gasteiger charge is 2.29. The zero-order valence-corrected chi connectivity index (χ0v) is 5.97. The number of aliphatic hydroxyl groups is 1. The van der Waals surface area contributed by atoms with Gasteiger partial charge >= 0.3 is 6.03 Å². The van der Waals surface area contributed by atoms with E-state index in [2.05, 4.69) is 20.2 Å². The lowest BCUT2D eigenvalue weighted by molar-refractivity contribution is 0.173. The Morgan fingerprint density at radius 1 is 1.83 bits per heavy atom. The van der Waals surface area contributed by atoms with Crippen LogP contribution in [0.15, 0.2) is 10.8 Å². The van der Waals surface area contributed by atoms with Crippen molar-refractivity contribution in [1.29, 1.82) is 0 Å². The van der Waals surface area contributed by atoms with Crippen molar-refractivity contribution in [3.63, 3.8) is 0 Å². The van der Waals surface area contributed by atoms with Gasteiger partial charge in [-0.05, 0) is 0 Å². The van der Waals surface area contributed by atoms with Gasteiger partial charge < -0.3 is 14.9 Å². The number of carbonyl (C=O) groups excluding carboxylic acids is 1. The van der Waals surface area contributed by atoms with Crippen molar-refractivity contribution in [2.45, 2.75) is 6.23 Å². The van der Waals surface area contributed by atoms with Crippen molar-refractivity contribution in [3.05, 3.63) is 6.26 Å². The predicted molar refractivity (Wildman–Crippen MR) is 36.2 cm³/mol. The number of urea groups is 1.